The van der Waals surface area contributed by atoms with Gasteiger partial charge in [-0.3, -0.25) is 0 Å². The van der Waals surface area contributed by atoms with Gasteiger partial charge < -0.3 is 29.3 Å². The molecule has 1 aromatic carbocycles. The summed E-state index contributed by atoms with van der Waals surface area (Å²) in [7, 11) is 1.39. The zero-order valence-corrected chi connectivity index (χ0v) is 19.1. The Morgan fingerprint density at radius 2 is 1.91 bits per heavy atom. The van der Waals surface area contributed by atoms with Crippen molar-refractivity contribution < 1.29 is 42.5 Å². The summed E-state index contributed by atoms with van der Waals surface area (Å²) in [4.78, 5) is 0. The van der Waals surface area contributed by atoms with Crippen molar-refractivity contribution in [2.75, 3.05) is 13.7 Å². The van der Waals surface area contributed by atoms with Crippen LogP contribution in [-0.2, 0) is 21.5 Å². The van der Waals surface area contributed by atoms with Gasteiger partial charge in [0.05, 0.1) is 24.6 Å². The number of aliphatic hydroxyl groups is 3. The smallest absolute Gasteiger partial charge is 0.195 e. The van der Waals surface area contributed by atoms with Gasteiger partial charge in [-0.15, -0.1) is 5.10 Å². The maximum absolute atomic E-state index is 14.3. The van der Waals surface area contributed by atoms with Crippen molar-refractivity contribution in [2.24, 2.45) is 0 Å². The molecule has 3 heterocycles. The fraction of sp³-hybridized carbons (Fsp3) is 0.500. The van der Waals surface area contributed by atoms with Gasteiger partial charge >= 0.3 is 0 Å². The molecule has 1 saturated heterocycles. The van der Waals surface area contributed by atoms with Crippen LogP contribution in [0, 0.1) is 17.5 Å². The zero-order valence-electron chi connectivity index (χ0n) is 19.1. The summed E-state index contributed by atoms with van der Waals surface area (Å²) in [5, 5.41) is 42.5. The first-order valence-corrected chi connectivity index (χ1v) is 10.8. The number of benzene rings is 1. The Balaban J connectivity index is 1.66. The summed E-state index contributed by atoms with van der Waals surface area (Å²) >= 11 is 0. The van der Waals surface area contributed by atoms with Gasteiger partial charge in [-0.1, -0.05) is 10.4 Å². The SMILES string of the molecule is CO[C@@H]1[C@@H](n2cc(-c3ccc(F)c(F)c3F)nn2)[C@@H](O)[C@@H](CO)O[C@@H]1Cc1cc(C(C)(C)O)on1. The number of rotatable bonds is 7. The molecule has 1 fully saturated rings. The summed E-state index contributed by atoms with van der Waals surface area (Å²) < 4.78 is 59.2. The minimum absolute atomic E-state index is 0.0987. The molecule has 3 aromatic rings. The Bertz CT molecular complexity index is 1180. The molecule has 190 valence electrons. The first kappa shape index (κ1) is 25.3. The van der Waals surface area contributed by atoms with Crippen molar-refractivity contribution in [3.63, 3.8) is 0 Å². The summed E-state index contributed by atoms with van der Waals surface area (Å²) in [5.74, 6) is -4.17. The zero-order chi connectivity index (χ0) is 25.5. The fourth-order valence-corrected chi connectivity index (χ4v) is 4.10. The van der Waals surface area contributed by atoms with Crippen LogP contribution in [0.2, 0.25) is 0 Å². The first-order chi connectivity index (χ1) is 16.5. The second-order valence-corrected chi connectivity index (χ2v) is 8.83. The van der Waals surface area contributed by atoms with Gasteiger partial charge in [-0.05, 0) is 26.0 Å². The third-order valence-electron chi connectivity index (χ3n) is 5.93. The van der Waals surface area contributed by atoms with E-state index in [9.17, 15) is 28.5 Å². The van der Waals surface area contributed by atoms with Gasteiger partial charge in [0.25, 0.3) is 0 Å². The van der Waals surface area contributed by atoms with Crippen LogP contribution in [0.4, 0.5) is 13.2 Å². The lowest BCUT2D eigenvalue weighted by Crippen LogP contribution is -2.57. The third kappa shape index (κ3) is 4.82. The van der Waals surface area contributed by atoms with E-state index in [2.05, 4.69) is 15.5 Å². The number of aromatic nitrogens is 4. The molecule has 2 aromatic heterocycles. The molecule has 35 heavy (non-hydrogen) atoms. The highest BCUT2D eigenvalue weighted by atomic mass is 19.2. The van der Waals surface area contributed by atoms with Crippen molar-refractivity contribution in [2.45, 2.75) is 56.3 Å². The van der Waals surface area contributed by atoms with Crippen molar-refractivity contribution in [3.05, 3.63) is 53.3 Å². The number of aliphatic hydroxyl groups excluding tert-OH is 2. The van der Waals surface area contributed by atoms with Gasteiger partial charge in [0.2, 0.25) is 0 Å². The Labute approximate surface area is 197 Å². The lowest BCUT2D eigenvalue weighted by molar-refractivity contribution is -0.212. The summed E-state index contributed by atoms with van der Waals surface area (Å²) in [6, 6.07) is 2.40. The molecule has 0 radical (unpaired) electrons. The van der Waals surface area contributed by atoms with E-state index in [4.69, 9.17) is 14.0 Å². The van der Waals surface area contributed by atoms with Crippen LogP contribution in [0.25, 0.3) is 11.3 Å². The first-order valence-electron chi connectivity index (χ1n) is 10.8. The van der Waals surface area contributed by atoms with E-state index in [0.29, 0.717) is 5.69 Å². The number of methoxy groups -OCH3 is 1. The van der Waals surface area contributed by atoms with Crippen LogP contribution in [0.3, 0.4) is 0 Å². The maximum Gasteiger partial charge on any atom is 0.195 e. The van der Waals surface area contributed by atoms with Crippen molar-refractivity contribution >= 4 is 0 Å². The molecule has 1 aliphatic heterocycles. The van der Waals surface area contributed by atoms with Gasteiger partial charge in [0, 0.05) is 25.2 Å². The normalized spacial score (nSPS) is 25.2. The number of halogens is 3. The predicted octanol–water partition coefficient (Wildman–Crippen LogP) is 1.50. The molecule has 0 amide bonds. The van der Waals surface area contributed by atoms with E-state index in [-0.39, 0.29) is 23.4 Å². The average molecular weight is 498 g/mol. The van der Waals surface area contributed by atoms with Gasteiger partial charge in [0.1, 0.15) is 35.6 Å². The van der Waals surface area contributed by atoms with E-state index in [1.54, 1.807) is 19.9 Å². The van der Waals surface area contributed by atoms with E-state index in [1.807, 2.05) is 0 Å². The lowest BCUT2D eigenvalue weighted by atomic mass is 9.90. The quantitative estimate of drug-likeness (QED) is 0.414. The van der Waals surface area contributed by atoms with Gasteiger partial charge in [-0.2, -0.15) is 0 Å². The van der Waals surface area contributed by atoms with Crippen LogP contribution >= 0.6 is 0 Å². The molecule has 0 unspecified atom stereocenters. The fourth-order valence-electron chi connectivity index (χ4n) is 4.10. The number of ether oxygens (including phenoxy) is 2. The van der Waals surface area contributed by atoms with E-state index in [0.717, 1.165) is 12.1 Å². The number of hydrogen-bond donors (Lipinski definition) is 3. The van der Waals surface area contributed by atoms with Crippen LogP contribution < -0.4 is 0 Å². The number of hydrogen-bond acceptors (Lipinski definition) is 9. The Hall–Kier alpha value is -2.84. The topological polar surface area (TPSA) is 136 Å². The minimum atomic E-state index is -1.64. The monoisotopic (exact) mass is 498 g/mol. The molecular weight excluding hydrogens is 473 g/mol. The van der Waals surface area contributed by atoms with Crippen LogP contribution in [0.1, 0.15) is 31.3 Å². The highest BCUT2D eigenvalue weighted by Gasteiger charge is 2.47. The third-order valence-corrected chi connectivity index (χ3v) is 5.93. The molecule has 3 N–H and O–H groups in total. The Morgan fingerprint density at radius 3 is 2.54 bits per heavy atom. The second-order valence-electron chi connectivity index (χ2n) is 8.83. The molecule has 0 aliphatic carbocycles. The molecule has 0 saturated carbocycles. The van der Waals surface area contributed by atoms with Crippen molar-refractivity contribution in [3.8, 4) is 11.3 Å². The molecule has 0 spiro atoms. The van der Waals surface area contributed by atoms with Crippen molar-refractivity contribution in [1.82, 2.24) is 20.2 Å². The largest absolute Gasteiger partial charge is 0.394 e. The van der Waals surface area contributed by atoms with Gasteiger partial charge in [0.15, 0.2) is 23.2 Å². The van der Waals surface area contributed by atoms with Crippen LogP contribution in [0.15, 0.2) is 28.9 Å². The minimum Gasteiger partial charge on any atom is -0.394 e. The van der Waals surface area contributed by atoms with Gasteiger partial charge in [-0.25, -0.2) is 17.9 Å². The number of nitrogens with zero attached hydrogens (tertiary/aromatic N) is 4. The molecule has 5 atom stereocenters. The molecular formula is C22H25F3N4O6. The van der Waals surface area contributed by atoms with E-state index in [1.165, 1.54) is 18.0 Å². The molecule has 4 rings (SSSR count). The van der Waals surface area contributed by atoms with Crippen molar-refractivity contribution in [1.29, 1.82) is 0 Å². The highest BCUT2D eigenvalue weighted by Crippen LogP contribution is 2.34. The highest BCUT2D eigenvalue weighted by molar-refractivity contribution is 5.58. The molecule has 0 bridgehead atoms. The summed E-state index contributed by atoms with van der Waals surface area (Å²) in [6.07, 6.45) is -2.55. The van der Waals surface area contributed by atoms with Crippen LogP contribution in [-0.4, -0.2) is 73.6 Å². The lowest BCUT2D eigenvalue weighted by Gasteiger charge is -2.43. The summed E-state index contributed by atoms with van der Waals surface area (Å²) in [5.41, 5.74) is -1.23. The molecule has 10 nitrogen and oxygen atoms in total. The average Bonchev–Trinajstić information content (AvgIpc) is 3.48. The molecule has 1 aliphatic rings. The second kappa shape index (κ2) is 9.66. The van der Waals surface area contributed by atoms with E-state index < -0.39 is 60.1 Å². The van der Waals surface area contributed by atoms with Crippen LogP contribution in [0.5, 0.6) is 0 Å². The maximum atomic E-state index is 14.3. The van der Waals surface area contributed by atoms with E-state index >= 15 is 0 Å². The Morgan fingerprint density at radius 1 is 1.17 bits per heavy atom. The summed E-state index contributed by atoms with van der Waals surface area (Å²) in [6.45, 7) is 2.55. The standard InChI is InChI=1S/C22H25F3N4O6/c1-22(2,32)16-7-10(27-35-16)6-14-21(33-3)19(20(31)15(9-30)34-14)29-8-13(26-28-29)11-4-5-12(23)18(25)17(11)24/h4-5,7-8,14-15,19-21,30-32H,6,9H2,1-3H3/t14-,15-,19+,20+,21+/m1/s1. The molecule has 13 heteroatoms. The predicted molar refractivity (Wildman–Crippen MR) is 112 cm³/mol. The Kier molecular flexibility index (Phi) is 6.97.